The van der Waals surface area contributed by atoms with E-state index in [0.29, 0.717) is 72.1 Å². The third-order valence-corrected chi connectivity index (χ3v) is 21.2. The van der Waals surface area contributed by atoms with Gasteiger partial charge < -0.3 is 138 Å². The van der Waals surface area contributed by atoms with Crippen molar-refractivity contribution >= 4 is 82.5 Å². The molecule has 14 aromatic carbocycles. The molecule has 21 rings (SSSR count). The first-order valence-corrected chi connectivity index (χ1v) is 41.4. The predicted octanol–water partition coefficient (Wildman–Crippen LogP) is 17.9. The summed E-state index contributed by atoms with van der Waals surface area (Å²) in [6.07, 6.45) is 0. The van der Waals surface area contributed by atoms with Gasteiger partial charge >= 0.3 is 5.69 Å². The minimum atomic E-state index is -0.836. The van der Waals surface area contributed by atoms with Gasteiger partial charge in [0.25, 0.3) is 0 Å². The van der Waals surface area contributed by atoms with Crippen LogP contribution in [0.15, 0.2) is 356 Å². The molecule has 7 heterocycles. The van der Waals surface area contributed by atoms with Crippen LogP contribution in [0.1, 0.15) is 0 Å². The van der Waals surface area contributed by atoms with Gasteiger partial charge in [0.05, 0.1) is 42.6 Å². The molecule has 0 aliphatic rings. The normalized spacial score (nSPS) is 10.8. The van der Waals surface area contributed by atoms with Crippen molar-refractivity contribution in [2.75, 3.05) is 0 Å². The lowest BCUT2D eigenvalue weighted by Gasteiger charge is -2.08. The molecule has 0 bridgehead atoms. The molecule has 7 aromatic heterocycles. The number of fused-ring (bicyclic) bond motifs is 7. The summed E-state index contributed by atoms with van der Waals surface area (Å²) in [6, 6.07) is 69.2. The van der Waals surface area contributed by atoms with Crippen molar-refractivity contribution < 1.29 is 143 Å². The lowest BCUT2D eigenvalue weighted by molar-refractivity contribution is -0.385. The molecular formula is C105H69NO37. The number of aromatic hydroxyl groups is 21. The molecule has 0 saturated heterocycles. The molecule has 21 N–H and O–H groups in total. The number of nitro groups is 1. The van der Waals surface area contributed by atoms with E-state index >= 15 is 0 Å². The second-order valence-corrected chi connectivity index (χ2v) is 30.7. The zero-order valence-electron chi connectivity index (χ0n) is 72.6. The molecule has 0 amide bonds. The highest BCUT2D eigenvalue weighted by Gasteiger charge is 2.25. The van der Waals surface area contributed by atoms with Crippen LogP contribution in [0.2, 0.25) is 0 Å². The number of rotatable bonds is 8. The summed E-state index contributed by atoms with van der Waals surface area (Å²) in [4.78, 5) is 94.2. The van der Waals surface area contributed by atoms with Crippen LogP contribution in [0, 0.1) is 10.1 Å². The Morgan fingerprint density at radius 1 is 0.189 bits per heavy atom. The van der Waals surface area contributed by atoms with E-state index in [-0.39, 0.29) is 157 Å². The molecule has 38 heteroatoms. The highest BCUT2D eigenvalue weighted by molar-refractivity contribution is 5.88. The quantitative estimate of drug-likeness (QED) is 0.0382. The Balaban J connectivity index is 0.000000126. The van der Waals surface area contributed by atoms with Gasteiger partial charge in [0, 0.05) is 69.3 Å². The molecule has 0 unspecified atom stereocenters. The fourth-order valence-corrected chi connectivity index (χ4v) is 14.1. The number of nitrogens with zero attached hydrogens (tertiary/aromatic N) is 1. The van der Waals surface area contributed by atoms with Gasteiger partial charge in [0.1, 0.15) is 73.6 Å². The maximum absolute atomic E-state index is 12.1. The molecule has 143 heavy (non-hydrogen) atoms. The zero-order valence-corrected chi connectivity index (χ0v) is 72.6. The van der Waals surface area contributed by atoms with Crippen molar-refractivity contribution in [2.45, 2.75) is 0 Å². The average molecular weight is 1940 g/mol. The van der Waals surface area contributed by atoms with Crippen LogP contribution in [-0.4, -0.2) is 112 Å². The standard InChI is InChI=1S/C15H9NO6.2C15H10O6.3C15H10O5.C15H10O4/c17-11-7-14(22-13-4-2-1-3-9(11)13)8-5-10(16(20)21)15(19)12(18)6-8;16-8-2-4-12-9(6-8)13(19)14(20)15(21-12)7-1-3-10(17)11(18)5-7;16-9-5-7(6-10(17)13(9)19)15-14(20)12(18)8-3-1-2-4-11(8)21-15;16-9-2-4-14-10(6-9)12(18)7-15(20-14)8-1-3-11(17)13(19)5-8;16-10-7-14(20-13-4-2-1-3-9(10)13)8-5-11(17)15(19)12(18)6-8;16-10-6-5-8(7-11(10)17)15-14(19)13(18)9-3-1-2-4-12(9)20-15;16-11-6-5-9(7-13(11)18)15-8-12(17)10-3-1-2-4-14(10)19-15/h1-7,18-19H;1-6,16-18,20H;1-6,16-17,19-20H;1-7,16-17,19H;1-7,17-19H;1-7,16-17,19H;1-8,16,18H. The molecule has 0 spiro atoms. The van der Waals surface area contributed by atoms with Gasteiger partial charge in [-0.15, -0.1) is 0 Å². The Labute approximate surface area is 794 Å². The highest BCUT2D eigenvalue weighted by atomic mass is 16.6. The number of nitro benzene ring substituents is 1. The summed E-state index contributed by atoms with van der Waals surface area (Å²) in [5, 5.41) is 212. The average Bonchev–Trinajstić information content (AvgIpc) is 0.779. The molecule has 0 radical (unpaired) electrons. The second kappa shape index (κ2) is 40.1. The molecule has 0 fully saturated rings. The van der Waals surface area contributed by atoms with Crippen molar-refractivity contribution in [3.05, 3.63) is 373 Å². The van der Waals surface area contributed by atoms with Gasteiger partial charge in [-0.05, 0) is 200 Å². The van der Waals surface area contributed by atoms with Gasteiger partial charge in [-0.25, -0.2) is 0 Å². The monoisotopic (exact) mass is 1940 g/mol. The smallest absolute Gasteiger partial charge is 0.315 e. The lowest BCUT2D eigenvalue weighted by atomic mass is 10.1. The van der Waals surface area contributed by atoms with Crippen molar-refractivity contribution in [3.8, 4) is 200 Å². The van der Waals surface area contributed by atoms with Crippen LogP contribution in [-0.2, 0) is 0 Å². The summed E-state index contributed by atoms with van der Waals surface area (Å²) in [7, 11) is 0. The van der Waals surface area contributed by atoms with E-state index in [1.807, 2.05) is 0 Å². The predicted molar refractivity (Wildman–Crippen MR) is 517 cm³/mol. The first-order valence-electron chi connectivity index (χ1n) is 41.4. The van der Waals surface area contributed by atoms with Crippen LogP contribution >= 0.6 is 0 Å². The number of phenolic OH excluding ortho intramolecular Hbond substituents is 18. The van der Waals surface area contributed by atoms with Crippen molar-refractivity contribution in [1.29, 1.82) is 0 Å². The number of para-hydroxylation sites is 5. The fraction of sp³-hybridized carbons (Fsp3) is 0. The van der Waals surface area contributed by atoms with E-state index in [9.17, 15) is 151 Å². The third-order valence-electron chi connectivity index (χ3n) is 21.2. The van der Waals surface area contributed by atoms with Crippen LogP contribution in [0.5, 0.6) is 121 Å². The Hall–Kier alpha value is -21.2. The van der Waals surface area contributed by atoms with E-state index in [1.165, 1.54) is 146 Å². The van der Waals surface area contributed by atoms with Crippen LogP contribution in [0.4, 0.5) is 5.69 Å². The molecule has 0 aliphatic carbocycles. The zero-order chi connectivity index (χ0) is 102. The van der Waals surface area contributed by atoms with Gasteiger partial charge in [-0.3, -0.25) is 43.7 Å². The van der Waals surface area contributed by atoms with Gasteiger partial charge in [-0.1, -0.05) is 60.7 Å². The molecular weight excluding hydrogens is 1870 g/mol. The Kier molecular flexibility index (Phi) is 27.0. The molecule has 0 atom stereocenters. The number of hydrogen-bond donors (Lipinski definition) is 21. The summed E-state index contributed by atoms with van der Waals surface area (Å²) < 4.78 is 38.7. The molecule has 0 aliphatic heterocycles. The van der Waals surface area contributed by atoms with Gasteiger partial charge in [0.2, 0.25) is 39.3 Å². The molecule has 38 nitrogen and oxygen atoms in total. The Bertz CT molecular complexity index is 9080. The first kappa shape index (κ1) is 96.3. The summed E-state index contributed by atoms with van der Waals surface area (Å²) in [5.41, 5.74) is 0.745. The van der Waals surface area contributed by atoms with Crippen LogP contribution in [0.25, 0.3) is 156 Å². The topological polar surface area (TPSA) is 679 Å². The van der Waals surface area contributed by atoms with E-state index in [2.05, 4.69) is 0 Å². The van der Waals surface area contributed by atoms with Crippen molar-refractivity contribution in [2.24, 2.45) is 0 Å². The summed E-state index contributed by atoms with van der Waals surface area (Å²) in [5.74, 6) is -8.86. The number of hydrogen-bond acceptors (Lipinski definition) is 37. The van der Waals surface area contributed by atoms with Gasteiger partial charge in [-0.2, -0.15) is 0 Å². The molecule has 0 saturated carbocycles. The number of phenols is 18. The largest absolute Gasteiger partial charge is 0.508 e. The van der Waals surface area contributed by atoms with Crippen molar-refractivity contribution in [1.82, 2.24) is 0 Å². The van der Waals surface area contributed by atoms with E-state index in [0.717, 1.165) is 24.3 Å². The van der Waals surface area contributed by atoms with Crippen LogP contribution in [0.3, 0.4) is 0 Å². The molecule has 716 valence electrons. The highest BCUT2D eigenvalue weighted by Crippen LogP contribution is 2.46. The summed E-state index contributed by atoms with van der Waals surface area (Å²) in [6.45, 7) is 0. The fourth-order valence-electron chi connectivity index (χ4n) is 14.1. The second-order valence-electron chi connectivity index (χ2n) is 30.7. The molecule has 21 aromatic rings. The third kappa shape index (κ3) is 20.6. The lowest BCUT2D eigenvalue weighted by Crippen LogP contribution is -2.02. The Morgan fingerprint density at radius 3 is 0.776 bits per heavy atom. The minimum absolute atomic E-state index is 0.0140. The summed E-state index contributed by atoms with van der Waals surface area (Å²) >= 11 is 0. The maximum Gasteiger partial charge on any atom is 0.315 e. The first-order chi connectivity index (χ1) is 68.2. The van der Waals surface area contributed by atoms with Crippen molar-refractivity contribution in [3.63, 3.8) is 0 Å². The number of benzene rings is 14. The maximum atomic E-state index is 12.1. The minimum Gasteiger partial charge on any atom is -0.508 e. The Morgan fingerprint density at radius 2 is 0.434 bits per heavy atom. The van der Waals surface area contributed by atoms with E-state index in [4.69, 9.17) is 30.9 Å². The van der Waals surface area contributed by atoms with Crippen LogP contribution < -0.4 is 38.0 Å². The SMILES string of the molecule is O=c1c(O)c(-c2cc(O)c(O)c(O)c2)oc2ccccc12.O=c1c(O)c(-c2ccc(O)c(O)c2)oc2ccc(O)cc12.O=c1c(O)c(-c2ccc(O)c(O)c2)oc2ccccc12.O=c1cc(-c2cc(O)c(O)c(O)c2)oc2ccccc12.O=c1cc(-c2cc(O)c(O)c([N+](=O)[O-])c2)oc2ccccc12.O=c1cc(-c2ccc(O)c(O)c2)oc2ccc(O)cc12.O=c1cc(-c2ccc(O)c(O)c2)oc2ccccc12. The van der Waals surface area contributed by atoms with E-state index < -0.39 is 95.9 Å². The van der Waals surface area contributed by atoms with E-state index in [1.54, 1.807) is 121 Å². The van der Waals surface area contributed by atoms with Gasteiger partial charge in [0.15, 0.2) is 125 Å².